The Balaban J connectivity index is 1.65. The number of rotatable bonds is 7. The van der Waals surface area contributed by atoms with Gasteiger partial charge in [0.05, 0.1) is 35.8 Å². The van der Waals surface area contributed by atoms with Gasteiger partial charge in [-0.25, -0.2) is 8.42 Å². The average Bonchev–Trinajstić information content (AvgIpc) is 3.18. The molecule has 0 bridgehead atoms. The fraction of sp³-hybridized carbons (Fsp3) is 0.455. The third-order valence-corrected chi connectivity index (χ3v) is 7.44. The number of alkyl halides is 3. The molecule has 1 aliphatic rings. The molecular formula is C22H26F3N3O4S. The Morgan fingerprint density at radius 1 is 1.18 bits per heavy atom. The molecule has 1 saturated heterocycles. The summed E-state index contributed by atoms with van der Waals surface area (Å²) in [6, 6.07) is 6.17. The van der Waals surface area contributed by atoms with E-state index in [4.69, 9.17) is 0 Å². The van der Waals surface area contributed by atoms with E-state index in [-0.39, 0.29) is 42.1 Å². The van der Waals surface area contributed by atoms with Gasteiger partial charge in [0.15, 0.2) is 15.6 Å². The predicted octanol–water partition coefficient (Wildman–Crippen LogP) is 3.24. The van der Waals surface area contributed by atoms with E-state index in [0.717, 1.165) is 11.8 Å². The quantitative estimate of drug-likeness (QED) is 0.609. The molecule has 11 heteroatoms. The topological polar surface area (TPSA) is 88.5 Å². The number of likely N-dealkylation sites (N-methyl/N-ethyl adjacent to an activating group) is 1. The number of para-hydroxylation sites is 1. The molecule has 2 heterocycles. The molecule has 1 amide bonds. The van der Waals surface area contributed by atoms with Crippen LogP contribution in [0, 0.1) is 13.8 Å². The number of ketones is 1. The highest BCUT2D eigenvalue weighted by Gasteiger charge is 2.34. The molecule has 0 aliphatic carbocycles. The SMILES string of the molecule is Cc1cc(C(=O)CN(C)CC(=O)Nc2ccccc2C(F)(F)F)c(C)n1C1CCS(=O)(=O)C1. The van der Waals surface area contributed by atoms with Crippen molar-refractivity contribution in [3.05, 3.63) is 52.8 Å². The lowest BCUT2D eigenvalue weighted by Gasteiger charge is -2.18. The van der Waals surface area contributed by atoms with Crippen molar-refractivity contribution < 1.29 is 31.2 Å². The van der Waals surface area contributed by atoms with Crippen molar-refractivity contribution in [3.63, 3.8) is 0 Å². The monoisotopic (exact) mass is 485 g/mol. The van der Waals surface area contributed by atoms with Gasteiger partial charge in [-0.05, 0) is 45.5 Å². The zero-order valence-electron chi connectivity index (χ0n) is 18.6. The number of aryl methyl sites for hydroxylation is 1. The van der Waals surface area contributed by atoms with Crippen LogP contribution in [-0.2, 0) is 20.8 Å². The second-order valence-electron chi connectivity index (χ2n) is 8.40. The van der Waals surface area contributed by atoms with Crippen molar-refractivity contribution in [1.82, 2.24) is 9.47 Å². The van der Waals surface area contributed by atoms with Gasteiger partial charge in [0.25, 0.3) is 0 Å². The second-order valence-corrected chi connectivity index (χ2v) is 10.6. The summed E-state index contributed by atoms with van der Waals surface area (Å²) < 4.78 is 64.9. The van der Waals surface area contributed by atoms with Crippen molar-refractivity contribution in [2.45, 2.75) is 32.5 Å². The van der Waals surface area contributed by atoms with E-state index in [0.29, 0.717) is 17.7 Å². The van der Waals surface area contributed by atoms with Crippen molar-refractivity contribution in [3.8, 4) is 0 Å². The minimum atomic E-state index is -4.60. The highest BCUT2D eigenvalue weighted by molar-refractivity contribution is 7.91. The van der Waals surface area contributed by atoms with Gasteiger partial charge in [0, 0.05) is 23.0 Å². The third kappa shape index (κ3) is 5.83. The van der Waals surface area contributed by atoms with Crippen LogP contribution in [0.4, 0.5) is 18.9 Å². The van der Waals surface area contributed by atoms with Gasteiger partial charge in [-0.3, -0.25) is 14.5 Å². The Bertz CT molecular complexity index is 1170. The Morgan fingerprint density at radius 3 is 2.45 bits per heavy atom. The Kier molecular flexibility index (Phi) is 7.04. The summed E-state index contributed by atoms with van der Waals surface area (Å²) >= 11 is 0. The van der Waals surface area contributed by atoms with E-state index in [1.54, 1.807) is 13.0 Å². The molecule has 1 fully saturated rings. The number of hydrogen-bond donors (Lipinski definition) is 1. The number of anilines is 1. The van der Waals surface area contributed by atoms with Crippen molar-refractivity contribution in [1.29, 1.82) is 0 Å². The van der Waals surface area contributed by atoms with Gasteiger partial charge >= 0.3 is 6.18 Å². The van der Waals surface area contributed by atoms with E-state index in [1.807, 2.05) is 11.5 Å². The van der Waals surface area contributed by atoms with Crippen LogP contribution >= 0.6 is 0 Å². The fourth-order valence-corrected chi connectivity index (χ4v) is 5.96. The van der Waals surface area contributed by atoms with Crippen LogP contribution in [-0.4, -0.2) is 61.2 Å². The summed E-state index contributed by atoms with van der Waals surface area (Å²) in [7, 11) is -1.56. The Hall–Kier alpha value is -2.66. The Morgan fingerprint density at radius 2 is 1.85 bits per heavy atom. The molecule has 1 atom stereocenters. The van der Waals surface area contributed by atoms with Crippen LogP contribution in [0.3, 0.4) is 0 Å². The number of Topliss-reactive ketones (excluding diaryl/α,β-unsaturated/α-hetero) is 1. The van der Waals surface area contributed by atoms with Gasteiger partial charge in [-0.2, -0.15) is 13.2 Å². The highest BCUT2D eigenvalue weighted by Crippen LogP contribution is 2.34. The van der Waals surface area contributed by atoms with E-state index in [9.17, 15) is 31.2 Å². The number of nitrogens with one attached hydrogen (secondary N) is 1. The summed E-state index contributed by atoms with van der Waals surface area (Å²) in [5.74, 6) is -0.783. The molecule has 0 radical (unpaired) electrons. The lowest BCUT2D eigenvalue weighted by atomic mass is 10.1. The summed E-state index contributed by atoms with van der Waals surface area (Å²) in [5, 5.41) is 2.26. The zero-order valence-corrected chi connectivity index (χ0v) is 19.4. The molecule has 180 valence electrons. The molecule has 0 spiro atoms. The Labute approximate surface area is 190 Å². The number of carbonyl (C=O) groups excluding carboxylic acids is 2. The number of aromatic nitrogens is 1. The molecule has 7 nitrogen and oxygen atoms in total. The summed E-state index contributed by atoms with van der Waals surface area (Å²) in [5.41, 5.74) is 0.591. The maximum absolute atomic E-state index is 13.1. The summed E-state index contributed by atoms with van der Waals surface area (Å²) in [6.07, 6.45) is -4.11. The van der Waals surface area contributed by atoms with E-state index < -0.39 is 27.5 Å². The number of benzene rings is 1. The first-order valence-electron chi connectivity index (χ1n) is 10.3. The molecule has 1 aliphatic heterocycles. The number of sulfone groups is 1. The first-order valence-corrected chi connectivity index (χ1v) is 12.2. The molecule has 1 aromatic carbocycles. The molecule has 33 heavy (non-hydrogen) atoms. The number of amides is 1. The van der Waals surface area contributed by atoms with Crippen molar-refractivity contribution in [2.75, 3.05) is 37.0 Å². The molecule has 1 N–H and O–H groups in total. The smallest absolute Gasteiger partial charge is 0.344 e. The van der Waals surface area contributed by atoms with Gasteiger partial charge in [0.2, 0.25) is 5.91 Å². The second kappa shape index (κ2) is 9.30. The van der Waals surface area contributed by atoms with Crippen LogP contribution in [0.1, 0.15) is 39.8 Å². The first-order chi connectivity index (χ1) is 15.3. The number of hydrogen-bond acceptors (Lipinski definition) is 5. The summed E-state index contributed by atoms with van der Waals surface area (Å²) in [6.45, 7) is 3.16. The van der Waals surface area contributed by atoms with Gasteiger partial charge < -0.3 is 9.88 Å². The summed E-state index contributed by atoms with van der Waals surface area (Å²) in [4.78, 5) is 26.6. The highest BCUT2D eigenvalue weighted by atomic mass is 32.2. The maximum Gasteiger partial charge on any atom is 0.418 e. The van der Waals surface area contributed by atoms with Crippen molar-refractivity contribution >= 4 is 27.2 Å². The molecule has 0 saturated carbocycles. The molecule has 2 aromatic rings. The lowest BCUT2D eigenvalue weighted by molar-refractivity contribution is -0.137. The van der Waals surface area contributed by atoms with E-state index in [2.05, 4.69) is 5.32 Å². The van der Waals surface area contributed by atoms with E-state index >= 15 is 0 Å². The molecule has 3 rings (SSSR count). The van der Waals surface area contributed by atoms with Gasteiger partial charge in [0.1, 0.15) is 0 Å². The number of nitrogens with zero attached hydrogens (tertiary/aromatic N) is 2. The third-order valence-electron chi connectivity index (χ3n) is 5.69. The predicted molar refractivity (Wildman–Crippen MR) is 118 cm³/mol. The minimum absolute atomic E-state index is 0.0382. The minimum Gasteiger partial charge on any atom is -0.344 e. The lowest BCUT2D eigenvalue weighted by Crippen LogP contribution is -2.34. The van der Waals surface area contributed by atoms with E-state index in [1.165, 1.54) is 30.1 Å². The molecule has 1 unspecified atom stereocenters. The zero-order chi connectivity index (χ0) is 24.6. The average molecular weight is 486 g/mol. The maximum atomic E-state index is 13.1. The number of carbonyl (C=O) groups is 2. The fourth-order valence-electron chi connectivity index (χ4n) is 4.26. The standard InChI is InChI=1S/C22H26F3N3O4S/c1-14-10-17(15(2)28(14)16-8-9-33(31,32)13-16)20(29)11-27(3)12-21(30)26-19-7-5-4-6-18(19)22(23,24)25/h4-7,10,16H,8-9,11-13H2,1-3H3,(H,26,30). The van der Waals surface area contributed by atoms with Crippen molar-refractivity contribution in [2.24, 2.45) is 0 Å². The van der Waals surface area contributed by atoms with Crippen LogP contribution in [0.25, 0.3) is 0 Å². The molecular weight excluding hydrogens is 459 g/mol. The largest absolute Gasteiger partial charge is 0.418 e. The molecule has 1 aromatic heterocycles. The van der Waals surface area contributed by atoms with Crippen LogP contribution < -0.4 is 5.32 Å². The van der Waals surface area contributed by atoms with Crippen LogP contribution in [0.2, 0.25) is 0 Å². The van der Waals surface area contributed by atoms with Gasteiger partial charge in [-0.15, -0.1) is 0 Å². The first kappa shape index (κ1) is 25.0. The van der Waals surface area contributed by atoms with Crippen LogP contribution in [0.15, 0.2) is 30.3 Å². The van der Waals surface area contributed by atoms with Gasteiger partial charge in [-0.1, -0.05) is 12.1 Å². The van der Waals surface area contributed by atoms with Crippen LogP contribution in [0.5, 0.6) is 0 Å². The number of halogens is 3. The normalized spacial score (nSPS) is 18.0.